The third-order valence-electron chi connectivity index (χ3n) is 2.26. The largest absolute Gasteiger partial charge is 0.409 e. The summed E-state index contributed by atoms with van der Waals surface area (Å²) in [5, 5.41) is 11.4. The van der Waals surface area contributed by atoms with Gasteiger partial charge < -0.3 is 20.6 Å². The minimum absolute atomic E-state index is 0.00830. The number of amides is 1. The van der Waals surface area contributed by atoms with E-state index < -0.39 is 0 Å². The topological polar surface area (TPSA) is 88.2 Å². The van der Waals surface area contributed by atoms with Crippen molar-refractivity contribution in [2.24, 2.45) is 16.8 Å². The maximum Gasteiger partial charge on any atom is 0.224 e. The van der Waals surface area contributed by atoms with Gasteiger partial charge in [0.25, 0.3) is 0 Å². The van der Waals surface area contributed by atoms with Crippen LogP contribution in [0.3, 0.4) is 0 Å². The van der Waals surface area contributed by atoms with Crippen LogP contribution in [-0.2, 0) is 9.53 Å². The van der Waals surface area contributed by atoms with Gasteiger partial charge in [-0.2, -0.15) is 0 Å². The fourth-order valence-corrected chi connectivity index (χ4v) is 1.20. The van der Waals surface area contributed by atoms with Gasteiger partial charge >= 0.3 is 0 Å². The predicted molar refractivity (Wildman–Crippen MR) is 61.3 cm³/mol. The SMILES string of the molecule is CCOCCC(=O)N(C)CC(C)C(N)=NO. The highest BCUT2D eigenvalue weighted by Crippen LogP contribution is 2.00. The van der Waals surface area contributed by atoms with E-state index >= 15 is 0 Å². The number of nitrogens with two attached hydrogens (primary N) is 1. The van der Waals surface area contributed by atoms with Crippen molar-refractivity contribution < 1.29 is 14.7 Å². The first-order valence-electron chi connectivity index (χ1n) is 5.32. The Balaban J connectivity index is 3.95. The molecule has 0 aliphatic carbocycles. The molecule has 1 atom stereocenters. The van der Waals surface area contributed by atoms with Crippen LogP contribution in [0.2, 0.25) is 0 Å². The first-order valence-corrected chi connectivity index (χ1v) is 5.32. The van der Waals surface area contributed by atoms with Crippen LogP contribution in [0.25, 0.3) is 0 Å². The Morgan fingerprint density at radius 2 is 2.25 bits per heavy atom. The molecule has 0 aliphatic rings. The third-order valence-corrected chi connectivity index (χ3v) is 2.26. The molecule has 0 aliphatic heterocycles. The zero-order valence-corrected chi connectivity index (χ0v) is 10.1. The number of hydrogen-bond acceptors (Lipinski definition) is 4. The molecule has 6 nitrogen and oxygen atoms in total. The number of nitrogens with zero attached hydrogens (tertiary/aromatic N) is 2. The highest BCUT2D eigenvalue weighted by molar-refractivity contribution is 5.83. The molecule has 1 amide bonds. The molecule has 0 saturated heterocycles. The van der Waals surface area contributed by atoms with Crippen LogP contribution in [0.4, 0.5) is 0 Å². The summed E-state index contributed by atoms with van der Waals surface area (Å²) in [4.78, 5) is 13.1. The normalized spacial score (nSPS) is 13.6. The summed E-state index contributed by atoms with van der Waals surface area (Å²) in [5.41, 5.74) is 5.42. The van der Waals surface area contributed by atoms with E-state index in [1.165, 1.54) is 0 Å². The highest BCUT2D eigenvalue weighted by atomic mass is 16.5. The van der Waals surface area contributed by atoms with Gasteiger partial charge in [0.15, 0.2) is 0 Å². The first-order chi connectivity index (χ1) is 7.52. The Labute approximate surface area is 96.0 Å². The van der Waals surface area contributed by atoms with Crippen molar-refractivity contribution in [1.82, 2.24) is 4.90 Å². The minimum atomic E-state index is -0.161. The zero-order chi connectivity index (χ0) is 12.6. The Bertz CT molecular complexity index is 243. The predicted octanol–water partition coefficient (Wildman–Crippen LogP) is 0.254. The Kier molecular flexibility index (Phi) is 7.28. The van der Waals surface area contributed by atoms with Crippen LogP contribution < -0.4 is 5.73 Å². The van der Waals surface area contributed by atoms with E-state index in [0.717, 1.165) is 0 Å². The fourth-order valence-electron chi connectivity index (χ4n) is 1.20. The summed E-state index contributed by atoms with van der Waals surface area (Å²) in [5.74, 6) is -0.0402. The molecule has 6 heteroatoms. The molecule has 0 aromatic heterocycles. The Morgan fingerprint density at radius 3 is 2.75 bits per heavy atom. The molecule has 0 bridgehead atoms. The van der Waals surface area contributed by atoms with Crippen molar-refractivity contribution >= 4 is 11.7 Å². The van der Waals surface area contributed by atoms with E-state index in [1.54, 1.807) is 18.9 Å². The van der Waals surface area contributed by atoms with E-state index in [4.69, 9.17) is 15.7 Å². The number of carbonyl (C=O) groups is 1. The molecule has 0 radical (unpaired) electrons. The fraction of sp³-hybridized carbons (Fsp3) is 0.800. The van der Waals surface area contributed by atoms with Gasteiger partial charge in [0.2, 0.25) is 5.91 Å². The Morgan fingerprint density at radius 1 is 1.62 bits per heavy atom. The Hall–Kier alpha value is -1.30. The molecule has 0 fully saturated rings. The maximum absolute atomic E-state index is 11.6. The van der Waals surface area contributed by atoms with Gasteiger partial charge in [0.05, 0.1) is 13.0 Å². The molecule has 16 heavy (non-hydrogen) atoms. The lowest BCUT2D eigenvalue weighted by Crippen LogP contribution is -2.36. The second kappa shape index (κ2) is 7.92. The number of amidine groups is 1. The second-order valence-electron chi connectivity index (χ2n) is 3.65. The monoisotopic (exact) mass is 231 g/mol. The first kappa shape index (κ1) is 14.7. The van der Waals surface area contributed by atoms with Crippen molar-refractivity contribution in [3.8, 4) is 0 Å². The quantitative estimate of drug-likeness (QED) is 0.216. The third kappa shape index (κ3) is 5.55. The second-order valence-corrected chi connectivity index (χ2v) is 3.65. The van der Waals surface area contributed by atoms with Gasteiger partial charge in [-0.1, -0.05) is 12.1 Å². The average molecular weight is 231 g/mol. The van der Waals surface area contributed by atoms with Crippen LogP contribution in [0, 0.1) is 5.92 Å². The van der Waals surface area contributed by atoms with Crippen molar-refractivity contribution in [2.75, 3.05) is 26.8 Å². The molecule has 0 heterocycles. The molecule has 1 unspecified atom stereocenters. The zero-order valence-electron chi connectivity index (χ0n) is 10.1. The molecule has 0 aromatic rings. The number of ether oxygens (including phenoxy) is 1. The molecule has 94 valence electrons. The number of carbonyl (C=O) groups excluding carboxylic acids is 1. The number of oxime groups is 1. The molecule has 3 N–H and O–H groups in total. The van der Waals surface area contributed by atoms with E-state index in [0.29, 0.717) is 26.2 Å². The molecular weight excluding hydrogens is 210 g/mol. The van der Waals surface area contributed by atoms with E-state index in [2.05, 4.69) is 5.16 Å². The standard InChI is InChI=1S/C10H21N3O3/c1-4-16-6-5-9(14)13(3)7-8(2)10(11)12-15/h8,15H,4-7H2,1-3H3,(H2,11,12). The van der Waals surface area contributed by atoms with Gasteiger partial charge in [-0.3, -0.25) is 4.79 Å². The molecule has 0 spiro atoms. The lowest BCUT2D eigenvalue weighted by Gasteiger charge is -2.20. The summed E-state index contributed by atoms with van der Waals surface area (Å²) in [6.45, 7) is 5.14. The maximum atomic E-state index is 11.6. The summed E-state index contributed by atoms with van der Waals surface area (Å²) >= 11 is 0. The molecular formula is C10H21N3O3. The smallest absolute Gasteiger partial charge is 0.224 e. The van der Waals surface area contributed by atoms with E-state index in [-0.39, 0.29) is 17.7 Å². The van der Waals surface area contributed by atoms with Crippen molar-refractivity contribution in [2.45, 2.75) is 20.3 Å². The van der Waals surface area contributed by atoms with Crippen molar-refractivity contribution in [3.63, 3.8) is 0 Å². The van der Waals surface area contributed by atoms with Crippen LogP contribution >= 0.6 is 0 Å². The van der Waals surface area contributed by atoms with Gasteiger partial charge in [-0.15, -0.1) is 0 Å². The van der Waals surface area contributed by atoms with Crippen LogP contribution in [0.5, 0.6) is 0 Å². The molecule has 0 saturated carbocycles. The van der Waals surface area contributed by atoms with Gasteiger partial charge in [-0.05, 0) is 6.92 Å². The lowest BCUT2D eigenvalue weighted by molar-refractivity contribution is -0.131. The summed E-state index contributed by atoms with van der Waals surface area (Å²) < 4.78 is 5.09. The molecule has 0 rings (SSSR count). The molecule has 0 aromatic carbocycles. The summed E-state index contributed by atoms with van der Waals surface area (Å²) in [6, 6.07) is 0. The summed E-state index contributed by atoms with van der Waals surface area (Å²) in [7, 11) is 1.69. The van der Waals surface area contributed by atoms with Gasteiger partial charge in [-0.25, -0.2) is 0 Å². The van der Waals surface area contributed by atoms with Crippen LogP contribution in [0.1, 0.15) is 20.3 Å². The van der Waals surface area contributed by atoms with E-state index in [9.17, 15) is 4.79 Å². The average Bonchev–Trinajstić information content (AvgIpc) is 2.27. The summed E-state index contributed by atoms with van der Waals surface area (Å²) in [6.07, 6.45) is 0.354. The van der Waals surface area contributed by atoms with Crippen LogP contribution in [-0.4, -0.2) is 48.7 Å². The van der Waals surface area contributed by atoms with Crippen LogP contribution in [0.15, 0.2) is 5.16 Å². The van der Waals surface area contributed by atoms with Gasteiger partial charge in [0, 0.05) is 26.1 Å². The number of rotatable bonds is 7. The van der Waals surface area contributed by atoms with Crippen molar-refractivity contribution in [3.05, 3.63) is 0 Å². The lowest BCUT2D eigenvalue weighted by atomic mass is 10.1. The highest BCUT2D eigenvalue weighted by Gasteiger charge is 2.14. The van der Waals surface area contributed by atoms with Gasteiger partial charge in [0.1, 0.15) is 5.84 Å². The van der Waals surface area contributed by atoms with E-state index in [1.807, 2.05) is 6.92 Å². The minimum Gasteiger partial charge on any atom is -0.409 e. The van der Waals surface area contributed by atoms with Crippen molar-refractivity contribution in [1.29, 1.82) is 0 Å². The number of hydrogen-bond donors (Lipinski definition) is 2.